The van der Waals surface area contributed by atoms with Gasteiger partial charge in [0.2, 0.25) is 0 Å². The first-order valence-corrected chi connectivity index (χ1v) is 8.87. The summed E-state index contributed by atoms with van der Waals surface area (Å²) >= 11 is 0. The monoisotopic (exact) mass is 316 g/mol. The zero-order valence-corrected chi connectivity index (χ0v) is 15.2. The van der Waals surface area contributed by atoms with E-state index < -0.39 is 0 Å². The maximum atomic E-state index is 12.0. The number of carbonyl (C=O) groups is 1. The Morgan fingerprint density at radius 3 is 2.26 bits per heavy atom. The maximum Gasteiger partial charge on any atom is 0.271 e. The van der Waals surface area contributed by atoms with Crippen molar-refractivity contribution < 1.29 is 4.79 Å². The SMILES string of the molecule is CCCCCCCC/C=N\NC(=O)c1ccc(C(C)(C)C)cc1. The molecule has 1 N–H and O–H groups in total. The first kappa shape index (κ1) is 19.4. The molecule has 1 rings (SSSR count). The molecule has 0 heterocycles. The van der Waals surface area contributed by atoms with Crippen LogP contribution in [0.1, 0.15) is 88.6 Å². The van der Waals surface area contributed by atoms with Crippen LogP contribution < -0.4 is 5.43 Å². The number of amides is 1. The van der Waals surface area contributed by atoms with E-state index >= 15 is 0 Å². The number of benzene rings is 1. The molecule has 0 bridgehead atoms. The molecule has 23 heavy (non-hydrogen) atoms. The first-order valence-electron chi connectivity index (χ1n) is 8.87. The average molecular weight is 316 g/mol. The molecular weight excluding hydrogens is 284 g/mol. The summed E-state index contributed by atoms with van der Waals surface area (Å²) < 4.78 is 0. The molecule has 0 aliphatic heterocycles. The van der Waals surface area contributed by atoms with Crippen LogP contribution in [0.3, 0.4) is 0 Å². The Hall–Kier alpha value is -1.64. The molecule has 128 valence electrons. The number of hydrazone groups is 1. The maximum absolute atomic E-state index is 12.0. The summed E-state index contributed by atoms with van der Waals surface area (Å²) in [6, 6.07) is 7.74. The number of rotatable bonds is 9. The van der Waals surface area contributed by atoms with Crippen LogP contribution >= 0.6 is 0 Å². The molecule has 3 nitrogen and oxygen atoms in total. The Morgan fingerprint density at radius 1 is 1.04 bits per heavy atom. The first-order chi connectivity index (χ1) is 10.9. The highest BCUT2D eigenvalue weighted by Gasteiger charge is 2.13. The molecule has 0 spiro atoms. The highest BCUT2D eigenvalue weighted by Crippen LogP contribution is 2.22. The number of nitrogens with zero attached hydrogens (tertiary/aromatic N) is 1. The Kier molecular flexibility index (Phi) is 8.60. The molecule has 0 radical (unpaired) electrons. The summed E-state index contributed by atoms with van der Waals surface area (Å²) in [6.07, 6.45) is 10.4. The molecule has 3 heteroatoms. The number of hydrogen-bond donors (Lipinski definition) is 1. The van der Waals surface area contributed by atoms with Crippen LogP contribution in [0, 0.1) is 0 Å². The predicted octanol–water partition coefficient (Wildman–Crippen LogP) is 5.45. The lowest BCUT2D eigenvalue weighted by atomic mass is 9.87. The van der Waals surface area contributed by atoms with Crippen molar-refractivity contribution in [1.29, 1.82) is 0 Å². The van der Waals surface area contributed by atoms with E-state index in [9.17, 15) is 4.79 Å². The Balaban J connectivity index is 2.27. The minimum absolute atomic E-state index is 0.101. The van der Waals surface area contributed by atoms with Crippen LogP contribution in [0.2, 0.25) is 0 Å². The van der Waals surface area contributed by atoms with E-state index in [1.165, 1.54) is 37.7 Å². The smallest absolute Gasteiger partial charge is 0.267 e. The van der Waals surface area contributed by atoms with Crippen molar-refractivity contribution in [3.8, 4) is 0 Å². The highest BCUT2D eigenvalue weighted by molar-refractivity contribution is 5.94. The number of hydrogen-bond acceptors (Lipinski definition) is 2. The van der Waals surface area contributed by atoms with Crippen LogP contribution in [0.5, 0.6) is 0 Å². The lowest BCUT2D eigenvalue weighted by Crippen LogP contribution is -2.18. The zero-order chi connectivity index (χ0) is 17.1. The van der Waals surface area contributed by atoms with Crippen LogP contribution in [0.25, 0.3) is 0 Å². The van der Waals surface area contributed by atoms with E-state index in [2.05, 4.69) is 38.2 Å². The molecule has 0 saturated carbocycles. The number of carbonyl (C=O) groups excluding carboxylic acids is 1. The van der Waals surface area contributed by atoms with Gasteiger partial charge in [-0.25, -0.2) is 5.43 Å². The Morgan fingerprint density at radius 2 is 1.65 bits per heavy atom. The van der Waals surface area contributed by atoms with Gasteiger partial charge in [-0.3, -0.25) is 4.79 Å². The van der Waals surface area contributed by atoms with Crippen molar-refractivity contribution in [3.63, 3.8) is 0 Å². The fourth-order valence-electron chi connectivity index (χ4n) is 2.37. The van der Waals surface area contributed by atoms with Gasteiger partial charge in [-0.05, 0) is 36.0 Å². The molecule has 1 aromatic rings. The van der Waals surface area contributed by atoms with E-state index in [0.29, 0.717) is 5.56 Å². The van der Waals surface area contributed by atoms with Crippen molar-refractivity contribution in [3.05, 3.63) is 35.4 Å². The fourth-order valence-corrected chi connectivity index (χ4v) is 2.37. The minimum atomic E-state index is -0.148. The average Bonchev–Trinajstić information content (AvgIpc) is 2.52. The molecule has 0 aliphatic rings. The molecule has 0 atom stereocenters. The van der Waals surface area contributed by atoms with Crippen LogP contribution in [-0.2, 0) is 5.41 Å². The largest absolute Gasteiger partial charge is 0.271 e. The van der Waals surface area contributed by atoms with Crippen molar-refractivity contribution in [2.75, 3.05) is 0 Å². The third kappa shape index (κ3) is 7.96. The molecule has 0 unspecified atom stereocenters. The van der Waals surface area contributed by atoms with Crippen molar-refractivity contribution >= 4 is 12.1 Å². The van der Waals surface area contributed by atoms with E-state index in [0.717, 1.165) is 12.8 Å². The summed E-state index contributed by atoms with van der Waals surface area (Å²) in [5, 5.41) is 4.03. The van der Waals surface area contributed by atoms with Gasteiger partial charge >= 0.3 is 0 Å². The van der Waals surface area contributed by atoms with Gasteiger partial charge in [0.25, 0.3) is 5.91 Å². The number of nitrogens with one attached hydrogen (secondary N) is 1. The molecule has 0 fully saturated rings. The van der Waals surface area contributed by atoms with Crippen LogP contribution in [0.15, 0.2) is 29.4 Å². The topological polar surface area (TPSA) is 41.5 Å². The van der Waals surface area contributed by atoms with Gasteiger partial charge in [-0.1, -0.05) is 71.9 Å². The zero-order valence-electron chi connectivity index (χ0n) is 15.2. The summed E-state index contributed by atoms with van der Waals surface area (Å²) in [4.78, 5) is 12.0. The van der Waals surface area contributed by atoms with E-state index in [4.69, 9.17) is 0 Å². The normalized spacial score (nSPS) is 11.8. The predicted molar refractivity (Wildman–Crippen MR) is 99.1 cm³/mol. The van der Waals surface area contributed by atoms with Gasteiger partial charge in [0.15, 0.2) is 0 Å². The van der Waals surface area contributed by atoms with E-state index in [1.807, 2.05) is 24.3 Å². The molecule has 0 aromatic heterocycles. The lowest BCUT2D eigenvalue weighted by Gasteiger charge is -2.18. The summed E-state index contributed by atoms with van der Waals surface area (Å²) in [5.41, 5.74) is 4.57. The van der Waals surface area contributed by atoms with Gasteiger partial charge in [-0.15, -0.1) is 0 Å². The molecule has 0 saturated heterocycles. The van der Waals surface area contributed by atoms with Gasteiger partial charge in [0.1, 0.15) is 0 Å². The minimum Gasteiger partial charge on any atom is -0.267 e. The fraction of sp³-hybridized carbons (Fsp3) is 0.600. The number of unbranched alkanes of at least 4 members (excludes halogenated alkanes) is 6. The molecular formula is C20H32N2O. The molecule has 1 amide bonds. The van der Waals surface area contributed by atoms with Crippen molar-refractivity contribution in [2.24, 2.45) is 5.10 Å². The van der Waals surface area contributed by atoms with Crippen LogP contribution in [0.4, 0.5) is 0 Å². The lowest BCUT2D eigenvalue weighted by molar-refractivity contribution is 0.0955. The summed E-state index contributed by atoms with van der Waals surface area (Å²) in [5.74, 6) is -0.148. The van der Waals surface area contributed by atoms with E-state index in [-0.39, 0.29) is 11.3 Å². The second kappa shape index (κ2) is 10.2. The molecule has 0 aliphatic carbocycles. The summed E-state index contributed by atoms with van der Waals surface area (Å²) in [6.45, 7) is 8.71. The second-order valence-corrected chi connectivity index (χ2v) is 7.14. The van der Waals surface area contributed by atoms with Gasteiger partial charge in [-0.2, -0.15) is 5.10 Å². The highest BCUT2D eigenvalue weighted by atomic mass is 16.2. The molecule has 1 aromatic carbocycles. The van der Waals surface area contributed by atoms with Gasteiger partial charge in [0.05, 0.1) is 0 Å². The third-order valence-electron chi connectivity index (χ3n) is 3.96. The van der Waals surface area contributed by atoms with Crippen LogP contribution in [-0.4, -0.2) is 12.1 Å². The third-order valence-corrected chi connectivity index (χ3v) is 3.96. The van der Waals surface area contributed by atoms with Crippen molar-refractivity contribution in [2.45, 2.75) is 78.1 Å². The summed E-state index contributed by atoms with van der Waals surface area (Å²) in [7, 11) is 0. The second-order valence-electron chi connectivity index (χ2n) is 7.14. The Bertz CT molecular complexity index is 483. The Labute approximate surface area is 141 Å². The van der Waals surface area contributed by atoms with Crippen molar-refractivity contribution in [1.82, 2.24) is 5.43 Å². The quantitative estimate of drug-likeness (QED) is 0.367. The standard InChI is InChI=1S/C20H32N2O/c1-5-6-7-8-9-10-11-16-21-22-19(23)17-12-14-18(15-13-17)20(2,3)4/h12-16H,5-11H2,1-4H3,(H,22,23)/b21-16-. The van der Waals surface area contributed by atoms with Gasteiger partial charge < -0.3 is 0 Å². The van der Waals surface area contributed by atoms with E-state index in [1.54, 1.807) is 6.21 Å². The van der Waals surface area contributed by atoms with Gasteiger partial charge in [0, 0.05) is 11.8 Å².